The monoisotopic (exact) mass is 304 g/mol. The number of ether oxygens (including phenoxy) is 1. The molecule has 0 aromatic heterocycles. The molecule has 0 heterocycles. The summed E-state index contributed by atoms with van der Waals surface area (Å²) in [5, 5.41) is 10.8. The van der Waals surface area contributed by atoms with Crippen LogP contribution < -0.4 is 5.73 Å². The van der Waals surface area contributed by atoms with Gasteiger partial charge < -0.3 is 10.5 Å². The summed E-state index contributed by atoms with van der Waals surface area (Å²) in [5.41, 5.74) is 5.71. The molecule has 0 aliphatic rings. The van der Waals surface area contributed by atoms with Crippen molar-refractivity contribution >= 4 is 17.3 Å². The Bertz CT molecular complexity index is 716. The number of esters is 1. The summed E-state index contributed by atoms with van der Waals surface area (Å²) >= 11 is 0. The summed E-state index contributed by atoms with van der Waals surface area (Å²) in [7, 11) is 0. The molecule has 2 N–H and O–H groups in total. The van der Waals surface area contributed by atoms with Crippen LogP contribution in [0.25, 0.3) is 0 Å². The number of nitro groups is 1. The molecule has 2 rings (SSSR count). The number of hydrogen-bond donors (Lipinski definition) is 1. The van der Waals surface area contributed by atoms with Crippen LogP contribution in [-0.2, 0) is 4.74 Å². The number of carbonyl (C=O) groups excluding carboxylic acids is 1. The molecule has 0 aliphatic heterocycles. The highest BCUT2D eigenvalue weighted by Gasteiger charge is 2.18. The van der Waals surface area contributed by atoms with E-state index in [4.69, 9.17) is 10.5 Å². The van der Waals surface area contributed by atoms with Gasteiger partial charge in [-0.3, -0.25) is 10.1 Å². The number of halogens is 1. The van der Waals surface area contributed by atoms with Crippen molar-refractivity contribution < 1.29 is 18.8 Å². The van der Waals surface area contributed by atoms with E-state index in [1.54, 1.807) is 6.92 Å². The van der Waals surface area contributed by atoms with Crippen molar-refractivity contribution in [1.82, 2.24) is 0 Å². The Hall–Kier alpha value is -2.96. The predicted octanol–water partition coefficient (Wildman–Crippen LogP) is 3.23. The molecule has 0 radical (unpaired) electrons. The lowest BCUT2D eigenvalue weighted by molar-refractivity contribution is -0.383. The van der Waals surface area contributed by atoms with Crippen LogP contribution in [0.15, 0.2) is 42.5 Å². The smallest absolute Gasteiger partial charge is 0.338 e. The largest absolute Gasteiger partial charge is 0.454 e. The van der Waals surface area contributed by atoms with E-state index in [0.717, 1.165) is 6.07 Å². The molecule has 0 fully saturated rings. The van der Waals surface area contributed by atoms with Crippen LogP contribution in [0.5, 0.6) is 0 Å². The molecule has 6 nitrogen and oxygen atoms in total. The van der Waals surface area contributed by atoms with Gasteiger partial charge in [0.1, 0.15) is 17.6 Å². The fourth-order valence-corrected chi connectivity index (χ4v) is 1.86. The van der Waals surface area contributed by atoms with Crippen LogP contribution in [-0.4, -0.2) is 10.9 Å². The van der Waals surface area contributed by atoms with Crippen molar-refractivity contribution in [1.29, 1.82) is 0 Å². The van der Waals surface area contributed by atoms with Crippen molar-refractivity contribution in [3.63, 3.8) is 0 Å². The zero-order valence-corrected chi connectivity index (χ0v) is 11.7. The molecule has 1 unspecified atom stereocenters. The third-order valence-electron chi connectivity index (χ3n) is 3.09. The highest BCUT2D eigenvalue weighted by atomic mass is 19.1. The Labute approximate surface area is 125 Å². The highest BCUT2D eigenvalue weighted by molar-refractivity contribution is 5.91. The van der Waals surface area contributed by atoms with Gasteiger partial charge in [-0.05, 0) is 36.8 Å². The first kappa shape index (κ1) is 15.4. The van der Waals surface area contributed by atoms with Crippen LogP contribution >= 0.6 is 0 Å². The number of nitro benzene ring substituents is 1. The van der Waals surface area contributed by atoms with Gasteiger partial charge in [-0.1, -0.05) is 12.1 Å². The van der Waals surface area contributed by atoms with Gasteiger partial charge in [-0.25, -0.2) is 9.18 Å². The van der Waals surface area contributed by atoms with Gasteiger partial charge in [0.2, 0.25) is 0 Å². The molecule has 2 aromatic carbocycles. The van der Waals surface area contributed by atoms with E-state index in [-0.39, 0.29) is 16.9 Å². The summed E-state index contributed by atoms with van der Waals surface area (Å²) in [6.45, 7) is 1.62. The molecular weight excluding hydrogens is 291 g/mol. The van der Waals surface area contributed by atoms with Crippen LogP contribution in [0.3, 0.4) is 0 Å². The minimum absolute atomic E-state index is 0.0230. The van der Waals surface area contributed by atoms with E-state index >= 15 is 0 Å². The normalized spacial score (nSPS) is 11.7. The topological polar surface area (TPSA) is 95.5 Å². The molecule has 22 heavy (non-hydrogen) atoms. The standard InChI is InChI=1S/C15H13FN2O4/c1-9(10-2-5-12(16)6-3-10)22-15(19)11-4-7-13(17)14(8-11)18(20)21/h2-9H,17H2,1H3. The molecule has 0 amide bonds. The molecular formula is C15H13FN2O4. The Morgan fingerprint density at radius 2 is 1.91 bits per heavy atom. The van der Waals surface area contributed by atoms with Gasteiger partial charge in [0.15, 0.2) is 0 Å². The average Bonchev–Trinajstić information content (AvgIpc) is 2.47. The third kappa shape index (κ3) is 3.38. The fourth-order valence-electron chi connectivity index (χ4n) is 1.86. The van der Waals surface area contributed by atoms with Gasteiger partial charge in [-0.2, -0.15) is 0 Å². The molecule has 2 aromatic rings. The molecule has 0 saturated heterocycles. The zero-order valence-electron chi connectivity index (χ0n) is 11.7. The first-order valence-electron chi connectivity index (χ1n) is 6.39. The minimum Gasteiger partial charge on any atom is -0.454 e. The molecule has 7 heteroatoms. The van der Waals surface area contributed by atoms with E-state index in [9.17, 15) is 19.3 Å². The number of benzene rings is 2. The number of hydrogen-bond acceptors (Lipinski definition) is 5. The number of anilines is 1. The molecule has 114 valence electrons. The number of nitrogen functional groups attached to an aromatic ring is 1. The SMILES string of the molecule is CC(OC(=O)c1ccc(N)c([N+](=O)[O-])c1)c1ccc(F)cc1. The van der Waals surface area contributed by atoms with Crippen molar-refractivity contribution in [2.24, 2.45) is 0 Å². The number of carbonyl (C=O) groups is 1. The second kappa shape index (κ2) is 6.21. The maximum Gasteiger partial charge on any atom is 0.338 e. The molecule has 0 bridgehead atoms. The van der Waals surface area contributed by atoms with Crippen LogP contribution in [0.2, 0.25) is 0 Å². The van der Waals surface area contributed by atoms with E-state index in [1.807, 2.05) is 0 Å². The first-order valence-corrected chi connectivity index (χ1v) is 6.39. The first-order chi connectivity index (χ1) is 10.4. The Balaban J connectivity index is 2.16. The Morgan fingerprint density at radius 1 is 1.27 bits per heavy atom. The summed E-state index contributed by atoms with van der Waals surface area (Å²) in [5.74, 6) is -1.11. The van der Waals surface area contributed by atoms with E-state index in [0.29, 0.717) is 5.56 Å². The van der Waals surface area contributed by atoms with E-state index in [2.05, 4.69) is 0 Å². The van der Waals surface area contributed by atoms with Gasteiger partial charge in [0, 0.05) is 6.07 Å². The fraction of sp³-hybridized carbons (Fsp3) is 0.133. The number of nitrogens with zero attached hydrogens (tertiary/aromatic N) is 1. The molecule has 0 saturated carbocycles. The van der Waals surface area contributed by atoms with Gasteiger partial charge >= 0.3 is 5.97 Å². The maximum atomic E-state index is 12.9. The second-order valence-corrected chi connectivity index (χ2v) is 4.63. The van der Waals surface area contributed by atoms with Crippen molar-refractivity contribution in [3.8, 4) is 0 Å². The molecule has 1 atom stereocenters. The summed E-state index contributed by atoms with van der Waals surface area (Å²) in [6, 6.07) is 9.20. The third-order valence-corrected chi connectivity index (χ3v) is 3.09. The minimum atomic E-state index is -0.722. The van der Waals surface area contributed by atoms with Crippen molar-refractivity contribution in [3.05, 3.63) is 69.5 Å². The lowest BCUT2D eigenvalue weighted by Crippen LogP contribution is -2.10. The molecule has 0 spiro atoms. The predicted molar refractivity (Wildman–Crippen MR) is 77.7 cm³/mol. The van der Waals surface area contributed by atoms with Crippen LogP contribution in [0.1, 0.15) is 28.9 Å². The van der Waals surface area contributed by atoms with E-state index < -0.39 is 22.8 Å². The summed E-state index contributed by atoms with van der Waals surface area (Å²) in [4.78, 5) is 22.2. The maximum absolute atomic E-state index is 12.9. The summed E-state index contributed by atoms with van der Waals surface area (Å²) in [6.07, 6.45) is -0.621. The summed E-state index contributed by atoms with van der Waals surface area (Å²) < 4.78 is 18.1. The number of rotatable bonds is 4. The van der Waals surface area contributed by atoms with Crippen LogP contribution in [0, 0.1) is 15.9 Å². The van der Waals surface area contributed by atoms with Crippen molar-refractivity contribution in [2.75, 3.05) is 5.73 Å². The zero-order chi connectivity index (χ0) is 16.3. The van der Waals surface area contributed by atoms with Gasteiger partial charge in [0.25, 0.3) is 5.69 Å². The Kier molecular flexibility index (Phi) is 4.36. The highest BCUT2D eigenvalue weighted by Crippen LogP contribution is 2.24. The second-order valence-electron chi connectivity index (χ2n) is 4.63. The van der Waals surface area contributed by atoms with Crippen LogP contribution in [0.4, 0.5) is 15.8 Å². The van der Waals surface area contributed by atoms with Crippen molar-refractivity contribution in [2.45, 2.75) is 13.0 Å². The average molecular weight is 304 g/mol. The van der Waals surface area contributed by atoms with Gasteiger partial charge in [0.05, 0.1) is 10.5 Å². The lowest BCUT2D eigenvalue weighted by Gasteiger charge is -2.13. The van der Waals surface area contributed by atoms with Gasteiger partial charge in [-0.15, -0.1) is 0 Å². The quantitative estimate of drug-likeness (QED) is 0.405. The number of nitrogens with two attached hydrogens (primary N) is 1. The lowest BCUT2D eigenvalue weighted by atomic mass is 10.1. The van der Waals surface area contributed by atoms with E-state index in [1.165, 1.54) is 36.4 Å². The molecule has 0 aliphatic carbocycles. The Morgan fingerprint density at radius 3 is 2.50 bits per heavy atom.